The Bertz CT molecular complexity index is 378. The van der Waals surface area contributed by atoms with E-state index < -0.39 is 0 Å². The molecule has 0 aromatic heterocycles. The predicted molar refractivity (Wildman–Crippen MR) is 74.1 cm³/mol. The van der Waals surface area contributed by atoms with E-state index in [1.807, 2.05) is 13.2 Å². The number of ether oxygens (including phenoxy) is 2. The van der Waals surface area contributed by atoms with E-state index in [0.29, 0.717) is 0 Å². The van der Waals surface area contributed by atoms with Gasteiger partial charge in [0, 0.05) is 13.5 Å². The van der Waals surface area contributed by atoms with Crippen molar-refractivity contribution in [1.82, 2.24) is 0 Å². The number of hydrogen-bond donors (Lipinski definition) is 0. The van der Waals surface area contributed by atoms with Crippen LogP contribution in [0, 0.1) is 5.92 Å². The Morgan fingerprint density at radius 2 is 1.94 bits per heavy atom. The van der Waals surface area contributed by atoms with Gasteiger partial charge in [-0.2, -0.15) is 0 Å². The number of methoxy groups -OCH3 is 2. The van der Waals surface area contributed by atoms with Gasteiger partial charge in [0.2, 0.25) is 0 Å². The first-order chi connectivity index (χ1) is 8.67. The maximum Gasteiger partial charge on any atom is 0.119 e. The van der Waals surface area contributed by atoms with Gasteiger partial charge in [-0.3, -0.25) is 0 Å². The zero-order chi connectivity index (χ0) is 13.0. The van der Waals surface area contributed by atoms with Crippen molar-refractivity contribution in [3.63, 3.8) is 0 Å². The Balaban J connectivity index is 2.09. The van der Waals surface area contributed by atoms with Gasteiger partial charge in [-0.1, -0.05) is 19.1 Å². The van der Waals surface area contributed by atoms with Crippen molar-refractivity contribution < 1.29 is 9.47 Å². The highest BCUT2D eigenvalue weighted by molar-refractivity contribution is 5.29. The first-order valence-corrected chi connectivity index (χ1v) is 6.85. The van der Waals surface area contributed by atoms with Gasteiger partial charge < -0.3 is 9.47 Å². The van der Waals surface area contributed by atoms with Crippen LogP contribution in [0.15, 0.2) is 24.3 Å². The summed E-state index contributed by atoms with van der Waals surface area (Å²) < 4.78 is 11.2. The van der Waals surface area contributed by atoms with Crippen LogP contribution in [-0.2, 0) is 11.2 Å². The van der Waals surface area contributed by atoms with Crippen LogP contribution in [0.5, 0.6) is 5.75 Å². The van der Waals surface area contributed by atoms with Crippen molar-refractivity contribution in [1.29, 1.82) is 0 Å². The van der Waals surface area contributed by atoms with Gasteiger partial charge in [0.1, 0.15) is 5.75 Å². The van der Waals surface area contributed by atoms with Crippen molar-refractivity contribution >= 4 is 0 Å². The second-order valence-corrected chi connectivity index (χ2v) is 5.60. The summed E-state index contributed by atoms with van der Waals surface area (Å²) in [6, 6.07) is 8.34. The van der Waals surface area contributed by atoms with E-state index >= 15 is 0 Å². The summed E-state index contributed by atoms with van der Waals surface area (Å²) in [6.07, 6.45) is 5.88. The third-order valence-corrected chi connectivity index (χ3v) is 4.28. The Hall–Kier alpha value is -1.02. The van der Waals surface area contributed by atoms with Crippen LogP contribution in [-0.4, -0.2) is 19.8 Å². The maximum atomic E-state index is 5.86. The van der Waals surface area contributed by atoms with E-state index in [9.17, 15) is 0 Å². The van der Waals surface area contributed by atoms with Crippen LogP contribution in [0.4, 0.5) is 0 Å². The molecule has 0 aliphatic heterocycles. The van der Waals surface area contributed by atoms with Crippen LogP contribution >= 0.6 is 0 Å². The Kier molecular flexibility index (Phi) is 4.28. The second-order valence-electron chi connectivity index (χ2n) is 5.60. The maximum absolute atomic E-state index is 5.86. The topological polar surface area (TPSA) is 18.5 Å². The monoisotopic (exact) mass is 248 g/mol. The highest BCUT2D eigenvalue weighted by Crippen LogP contribution is 2.37. The highest BCUT2D eigenvalue weighted by Gasteiger charge is 2.34. The molecule has 0 atom stereocenters. The molecule has 1 aliphatic rings. The quantitative estimate of drug-likeness (QED) is 0.806. The first kappa shape index (κ1) is 13.4. The molecule has 0 saturated heterocycles. The Morgan fingerprint density at radius 3 is 2.56 bits per heavy atom. The van der Waals surface area contributed by atoms with Gasteiger partial charge in [0.15, 0.2) is 0 Å². The molecule has 2 rings (SSSR count). The molecule has 1 fully saturated rings. The summed E-state index contributed by atoms with van der Waals surface area (Å²) in [5.74, 6) is 1.78. The van der Waals surface area contributed by atoms with Gasteiger partial charge in [-0.05, 0) is 49.3 Å². The van der Waals surface area contributed by atoms with Gasteiger partial charge in [-0.25, -0.2) is 0 Å². The molecule has 2 heteroatoms. The highest BCUT2D eigenvalue weighted by atomic mass is 16.5. The molecule has 0 heterocycles. The lowest BCUT2D eigenvalue weighted by molar-refractivity contribution is -0.0470. The number of benzene rings is 1. The lowest BCUT2D eigenvalue weighted by Gasteiger charge is -2.38. The minimum absolute atomic E-state index is 0.0406. The van der Waals surface area contributed by atoms with Crippen molar-refractivity contribution in [2.24, 2.45) is 5.92 Å². The fourth-order valence-corrected chi connectivity index (χ4v) is 2.90. The van der Waals surface area contributed by atoms with Crippen LogP contribution in [0.1, 0.15) is 38.2 Å². The second kappa shape index (κ2) is 5.75. The van der Waals surface area contributed by atoms with E-state index in [0.717, 1.165) is 18.1 Å². The zero-order valence-electron chi connectivity index (χ0n) is 11.7. The Labute approximate surface area is 110 Å². The predicted octanol–water partition coefficient (Wildman–Crippen LogP) is 3.83. The molecule has 0 spiro atoms. The lowest BCUT2D eigenvalue weighted by Crippen LogP contribution is -2.38. The van der Waals surface area contributed by atoms with Crippen LogP contribution < -0.4 is 4.74 Å². The molecule has 2 nitrogen and oxygen atoms in total. The standard InChI is InChI=1S/C16H24O2/c1-13-7-9-16(18-3,10-8-13)12-14-5-4-6-15(11-14)17-2/h4-6,11,13H,7-10,12H2,1-3H3. The van der Waals surface area contributed by atoms with E-state index in [1.165, 1.54) is 31.2 Å². The molecule has 1 aromatic rings. The van der Waals surface area contributed by atoms with Crippen LogP contribution in [0.2, 0.25) is 0 Å². The summed E-state index contributed by atoms with van der Waals surface area (Å²) in [4.78, 5) is 0. The van der Waals surface area contributed by atoms with Crippen LogP contribution in [0.25, 0.3) is 0 Å². The van der Waals surface area contributed by atoms with Gasteiger partial charge in [0.05, 0.1) is 12.7 Å². The molecular formula is C16H24O2. The summed E-state index contributed by atoms with van der Waals surface area (Å²) in [5.41, 5.74) is 1.35. The van der Waals surface area contributed by atoms with Gasteiger partial charge in [-0.15, -0.1) is 0 Å². The number of rotatable bonds is 4. The lowest BCUT2D eigenvalue weighted by atomic mass is 9.76. The molecule has 0 radical (unpaired) electrons. The zero-order valence-corrected chi connectivity index (χ0v) is 11.7. The molecular weight excluding hydrogens is 224 g/mol. The fraction of sp³-hybridized carbons (Fsp3) is 0.625. The molecule has 0 bridgehead atoms. The van der Waals surface area contributed by atoms with E-state index in [-0.39, 0.29) is 5.60 Å². The smallest absolute Gasteiger partial charge is 0.119 e. The molecule has 0 amide bonds. The molecule has 0 N–H and O–H groups in total. The summed E-state index contributed by atoms with van der Waals surface area (Å²) in [7, 11) is 3.57. The van der Waals surface area contributed by atoms with Gasteiger partial charge in [0.25, 0.3) is 0 Å². The minimum atomic E-state index is 0.0406. The van der Waals surface area contributed by atoms with E-state index in [2.05, 4.69) is 25.1 Å². The SMILES string of the molecule is COc1cccc(CC2(OC)CCC(C)CC2)c1. The molecule has 1 aromatic carbocycles. The van der Waals surface area contributed by atoms with Crippen molar-refractivity contribution in [2.75, 3.05) is 14.2 Å². The van der Waals surface area contributed by atoms with Crippen LogP contribution in [0.3, 0.4) is 0 Å². The fourth-order valence-electron chi connectivity index (χ4n) is 2.90. The average Bonchev–Trinajstić information content (AvgIpc) is 2.42. The summed E-state index contributed by atoms with van der Waals surface area (Å²) >= 11 is 0. The molecule has 100 valence electrons. The molecule has 1 saturated carbocycles. The Morgan fingerprint density at radius 1 is 1.22 bits per heavy atom. The first-order valence-electron chi connectivity index (χ1n) is 6.85. The third-order valence-electron chi connectivity index (χ3n) is 4.28. The molecule has 18 heavy (non-hydrogen) atoms. The molecule has 1 aliphatic carbocycles. The van der Waals surface area contributed by atoms with Crippen molar-refractivity contribution in [2.45, 2.75) is 44.6 Å². The summed E-state index contributed by atoms with van der Waals surface area (Å²) in [5, 5.41) is 0. The molecule has 0 unspecified atom stereocenters. The third kappa shape index (κ3) is 3.05. The normalized spacial score (nSPS) is 28.1. The minimum Gasteiger partial charge on any atom is -0.497 e. The van der Waals surface area contributed by atoms with Gasteiger partial charge >= 0.3 is 0 Å². The average molecular weight is 248 g/mol. The summed E-state index contributed by atoms with van der Waals surface area (Å²) in [6.45, 7) is 2.34. The van der Waals surface area contributed by atoms with E-state index in [1.54, 1.807) is 7.11 Å². The number of hydrogen-bond acceptors (Lipinski definition) is 2. The van der Waals surface area contributed by atoms with Crippen molar-refractivity contribution in [3.05, 3.63) is 29.8 Å². The van der Waals surface area contributed by atoms with E-state index in [4.69, 9.17) is 9.47 Å². The largest absolute Gasteiger partial charge is 0.497 e. The van der Waals surface area contributed by atoms with Crippen molar-refractivity contribution in [3.8, 4) is 5.75 Å².